The molecule has 0 spiro atoms. The molecular formula is C15H31N4+. The third-order valence-electron chi connectivity index (χ3n) is 3.46. The van der Waals surface area contributed by atoms with Gasteiger partial charge in [0.2, 0.25) is 0 Å². The average Bonchev–Trinajstić information content (AvgIpc) is 2.78. The molecule has 4 nitrogen and oxygen atoms in total. The zero-order chi connectivity index (χ0) is 14.1. The van der Waals surface area contributed by atoms with Gasteiger partial charge in [-0.3, -0.25) is 5.43 Å². The maximum absolute atomic E-state index is 4.75. The van der Waals surface area contributed by atoms with E-state index in [4.69, 9.17) is 5.10 Å². The lowest BCUT2D eigenvalue weighted by Crippen LogP contribution is -2.41. The Labute approximate surface area is 118 Å². The van der Waals surface area contributed by atoms with Gasteiger partial charge in [-0.25, -0.2) is 0 Å². The van der Waals surface area contributed by atoms with Gasteiger partial charge in [-0.05, 0) is 17.9 Å². The second-order valence-electron chi connectivity index (χ2n) is 5.07. The molecule has 0 aromatic carbocycles. The van der Waals surface area contributed by atoms with E-state index in [0.29, 0.717) is 0 Å². The first-order valence-corrected chi connectivity index (χ1v) is 8.02. The highest BCUT2D eigenvalue weighted by Crippen LogP contribution is 2.02. The predicted octanol–water partition coefficient (Wildman–Crippen LogP) is 2.83. The van der Waals surface area contributed by atoms with Crippen molar-refractivity contribution in [1.82, 2.24) is 9.77 Å². The summed E-state index contributed by atoms with van der Waals surface area (Å²) in [6.07, 6.45) is 8.21. The van der Waals surface area contributed by atoms with Crippen molar-refractivity contribution >= 4 is 0 Å². The molecule has 1 N–H and O–H groups in total. The molecule has 110 valence electrons. The predicted molar refractivity (Wildman–Crippen MR) is 79.8 cm³/mol. The SMILES string of the molecule is CCCCCNn1c(CC)n[n+](CCCC)c1CC. The van der Waals surface area contributed by atoms with Crippen LogP contribution in [0.2, 0.25) is 0 Å². The minimum absolute atomic E-state index is 0.979. The molecule has 0 saturated heterocycles. The van der Waals surface area contributed by atoms with E-state index >= 15 is 0 Å². The Morgan fingerprint density at radius 2 is 1.74 bits per heavy atom. The number of unbranched alkanes of at least 4 members (excludes halogenated alkanes) is 3. The van der Waals surface area contributed by atoms with Crippen LogP contribution < -0.4 is 10.1 Å². The monoisotopic (exact) mass is 267 g/mol. The molecule has 0 aliphatic carbocycles. The number of hydrogen-bond donors (Lipinski definition) is 1. The van der Waals surface area contributed by atoms with Gasteiger partial charge in [0.05, 0.1) is 13.0 Å². The third kappa shape index (κ3) is 4.51. The molecule has 0 unspecified atom stereocenters. The Morgan fingerprint density at radius 1 is 1.00 bits per heavy atom. The first kappa shape index (κ1) is 16.0. The third-order valence-corrected chi connectivity index (χ3v) is 3.46. The minimum Gasteiger partial charge on any atom is -0.254 e. The quantitative estimate of drug-likeness (QED) is 0.522. The van der Waals surface area contributed by atoms with Crippen molar-refractivity contribution in [3.05, 3.63) is 11.6 Å². The molecule has 0 saturated carbocycles. The van der Waals surface area contributed by atoms with Gasteiger partial charge >= 0.3 is 5.82 Å². The fraction of sp³-hybridized carbons (Fsp3) is 0.867. The molecule has 0 aliphatic rings. The fourth-order valence-corrected chi connectivity index (χ4v) is 2.31. The fourth-order valence-electron chi connectivity index (χ4n) is 2.31. The summed E-state index contributed by atoms with van der Waals surface area (Å²) in [7, 11) is 0. The summed E-state index contributed by atoms with van der Waals surface area (Å²) >= 11 is 0. The molecule has 19 heavy (non-hydrogen) atoms. The molecule has 0 amide bonds. The molecule has 1 aromatic heterocycles. The standard InChI is InChI=1S/C15H31N4/c1-5-9-11-12-16-19-14(7-3)17-18(13-10-6-2)15(19)8-4/h16H,5-13H2,1-4H3/q+1. The Morgan fingerprint density at radius 3 is 2.32 bits per heavy atom. The van der Waals surface area contributed by atoms with Crippen LogP contribution in [0.25, 0.3) is 0 Å². The highest BCUT2D eigenvalue weighted by molar-refractivity contribution is 4.94. The molecule has 0 bridgehead atoms. The van der Waals surface area contributed by atoms with Gasteiger partial charge in [0, 0.05) is 6.42 Å². The Bertz CT molecular complexity index is 357. The Kier molecular flexibility index (Phi) is 7.53. The van der Waals surface area contributed by atoms with Gasteiger partial charge in [-0.2, -0.15) is 0 Å². The highest BCUT2D eigenvalue weighted by Gasteiger charge is 2.22. The van der Waals surface area contributed by atoms with Crippen LogP contribution in [0.5, 0.6) is 0 Å². The molecule has 1 rings (SSSR count). The van der Waals surface area contributed by atoms with Crippen LogP contribution in [0.1, 0.15) is 71.4 Å². The van der Waals surface area contributed by atoms with Gasteiger partial charge in [-0.1, -0.05) is 47.0 Å². The van der Waals surface area contributed by atoms with Crippen LogP contribution in [0.15, 0.2) is 0 Å². The molecule has 1 aromatic rings. The smallest absolute Gasteiger partial charge is 0.254 e. The Hall–Kier alpha value is -1.06. The topological polar surface area (TPSA) is 33.7 Å². The number of aryl methyl sites for hydroxylation is 2. The molecule has 0 fully saturated rings. The minimum atomic E-state index is 0.979. The van der Waals surface area contributed by atoms with Crippen LogP contribution in [0.3, 0.4) is 0 Å². The van der Waals surface area contributed by atoms with E-state index in [9.17, 15) is 0 Å². The van der Waals surface area contributed by atoms with Crippen molar-refractivity contribution in [1.29, 1.82) is 0 Å². The van der Waals surface area contributed by atoms with Crippen molar-refractivity contribution < 1.29 is 4.68 Å². The maximum atomic E-state index is 4.75. The lowest BCUT2D eigenvalue weighted by molar-refractivity contribution is -0.758. The van der Waals surface area contributed by atoms with Crippen molar-refractivity contribution in [3.63, 3.8) is 0 Å². The lowest BCUT2D eigenvalue weighted by atomic mass is 10.2. The van der Waals surface area contributed by atoms with E-state index in [1.807, 2.05) is 0 Å². The Balaban J connectivity index is 2.77. The van der Waals surface area contributed by atoms with E-state index in [2.05, 4.69) is 42.5 Å². The molecular weight excluding hydrogens is 236 g/mol. The second kappa shape index (κ2) is 8.94. The van der Waals surface area contributed by atoms with E-state index in [-0.39, 0.29) is 0 Å². The summed E-state index contributed by atoms with van der Waals surface area (Å²) in [5, 5.41) is 4.75. The van der Waals surface area contributed by atoms with Crippen molar-refractivity contribution in [2.75, 3.05) is 12.0 Å². The molecule has 0 atom stereocenters. The number of hydrogen-bond acceptors (Lipinski definition) is 2. The van der Waals surface area contributed by atoms with Crippen molar-refractivity contribution in [2.45, 2.75) is 79.2 Å². The van der Waals surface area contributed by atoms with Gasteiger partial charge in [0.1, 0.15) is 6.54 Å². The second-order valence-corrected chi connectivity index (χ2v) is 5.07. The summed E-state index contributed by atoms with van der Waals surface area (Å²) in [6.45, 7) is 10.9. The van der Waals surface area contributed by atoms with E-state index < -0.39 is 0 Å². The number of aromatic nitrogens is 3. The molecule has 1 heterocycles. The zero-order valence-electron chi connectivity index (χ0n) is 13.2. The average molecular weight is 267 g/mol. The normalized spacial score (nSPS) is 10.9. The van der Waals surface area contributed by atoms with Gasteiger partial charge in [0.15, 0.2) is 0 Å². The van der Waals surface area contributed by atoms with Gasteiger partial charge in [0.25, 0.3) is 5.82 Å². The van der Waals surface area contributed by atoms with E-state index in [1.54, 1.807) is 0 Å². The molecule has 4 heteroatoms. The number of rotatable bonds is 10. The highest BCUT2D eigenvalue weighted by atomic mass is 15.5. The number of nitrogens with one attached hydrogen (secondary N) is 1. The number of nitrogens with zero attached hydrogens (tertiary/aromatic N) is 3. The first-order valence-electron chi connectivity index (χ1n) is 8.02. The summed E-state index contributed by atoms with van der Waals surface area (Å²) in [5.74, 6) is 2.46. The maximum Gasteiger partial charge on any atom is 0.301 e. The van der Waals surface area contributed by atoms with Crippen LogP contribution >= 0.6 is 0 Å². The van der Waals surface area contributed by atoms with Crippen molar-refractivity contribution in [2.24, 2.45) is 0 Å². The lowest BCUT2D eigenvalue weighted by Gasteiger charge is -2.05. The summed E-state index contributed by atoms with van der Waals surface area (Å²) < 4.78 is 4.42. The zero-order valence-corrected chi connectivity index (χ0v) is 13.2. The van der Waals surface area contributed by atoms with E-state index in [0.717, 1.165) is 31.8 Å². The van der Waals surface area contributed by atoms with Crippen LogP contribution in [0, 0.1) is 0 Å². The summed E-state index contributed by atoms with van der Waals surface area (Å²) in [4.78, 5) is 0. The van der Waals surface area contributed by atoms with Crippen LogP contribution in [-0.4, -0.2) is 16.3 Å². The first-order chi connectivity index (χ1) is 9.28. The van der Waals surface area contributed by atoms with Crippen molar-refractivity contribution in [3.8, 4) is 0 Å². The molecule has 0 aliphatic heterocycles. The largest absolute Gasteiger partial charge is 0.301 e. The van der Waals surface area contributed by atoms with Gasteiger partial charge < -0.3 is 0 Å². The van der Waals surface area contributed by atoms with Crippen LogP contribution in [-0.2, 0) is 19.4 Å². The molecule has 0 radical (unpaired) electrons. The summed E-state index contributed by atoms with van der Waals surface area (Å²) in [5.41, 5.74) is 3.55. The van der Waals surface area contributed by atoms with Gasteiger partial charge in [-0.15, -0.1) is 9.36 Å². The van der Waals surface area contributed by atoms with Crippen LogP contribution in [0.4, 0.5) is 0 Å². The summed E-state index contributed by atoms with van der Waals surface area (Å²) in [6, 6.07) is 0. The van der Waals surface area contributed by atoms with E-state index in [1.165, 1.54) is 37.9 Å².